The molecule has 3 aromatic carbocycles. The van der Waals surface area contributed by atoms with Crippen LogP contribution in [0.3, 0.4) is 0 Å². The average molecular weight is 922 g/mol. The molecule has 0 aliphatic carbocycles. The third-order valence-corrected chi connectivity index (χ3v) is 9.17. The van der Waals surface area contributed by atoms with Gasteiger partial charge in [0.25, 0.3) is 0 Å². The normalized spacial score (nSPS) is 16.7. The van der Waals surface area contributed by atoms with Crippen LogP contribution in [0.1, 0.15) is 42.4 Å². The SMILES string of the molecule is CC(=O)Oc1c(I)cc2c(c1I)Oc1c(cc(I)c(OC(C)=O)c1I)C21OC(O)c2ccccc21. The van der Waals surface area contributed by atoms with Crippen LogP contribution in [-0.4, -0.2) is 17.0 Å². The third kappa shape index (κ3) is 4.07. The smallest absolute Gasteiger partial charge is 0.308 e. The molecule has 3 aromatic rings. The minimum Gasteiger partial charge on any atom is -0.454 e. The monoisotopic (exact) mass is 922 g/mol. The number of benzene rings is 3. The molecule has 0 fully saturated rings. The zero-order valence-corrected chi connectivity index (χ0v) is 26.6. The average Bonchev–Trinajstić information content (AvgIpc) is 3.09. The first kappa shape index (κ1) is 25.9. The quantitative estimate of drug-likeness (QED) is 0.182. The number of hydrogen-bond donors (Lipinski definition) is 1. The summed E-state index contributed by atoms with van der Waals surface area (Å²) in [5, 5.41) is 11.0. The molecule has 180 valence electrons. The van der Waals surface area contributed by atoms with Gasteiger partial charge in [-0.25, -0.2) is 0 Å². The van der Waals surface area contributed by atoms with Crippen molar-refractivity contribution in [2.75, 3.05) is 0 Å². The van der Waals surface area contributed by atoms with Gasteiger partial charge in [-0.05, 0) is 102 Å². The lowest BCUT2D eigenvalue weighted by Crippen LogP contribution is -2.34. The number of rotatable bonds is 2. The standard InChI is InChI=1S/C24H14I4O7/c1-9(29)32-21-15(25)7-13-19(17(21)27)34-20-14(8-16(26)22(18(20)28)33-10(2)30)24(13)12-6-4-3-5-11(12)23(31)35-24/h3-8,23,31H,1-2H3. The van der Waals surface area contributed by atoms with E-state index in [1.165, 1.54) is 13.8 Å². The first-order valence-corrected chi connectivity index (χ1v) is 14.4. The Morgan fingerprint density at radius 3 is 1.83 bits per heavy atom. The van der Waals surface area contributed by atoms with E-state index >= 15 is 0 Å². The van der Waals surface area contributed by atoms with Crippen LogP contribution in [0.15, 0.2) is 36.4 Å². The molecule has 35 heavy (non-hydrogen) atoms. The van der Waals surface area contributed by atoms with E-state index in [9.17, 15) is 14.7 Å². The summed E-state index contributed by atoms with van der Waals surface area (Å²) in [6.45, 7) is 2.68. The van der Waals surface area contributed by atoms with Crippen LogP contribution in [0.5, 0.6) is 23.0 Å². The predicted molar refractivity (Wildman–Crippen MR) is 159 cm³/mol. The van der Waals surface area contributed by atoms with Crippen molar-refractivity contribution in [2.45, 2.75) is 25.7 Å². The Hall–Kier alpha value is -0.760. The summed E-state index contributed by atoms with van der Waals surface area (Å²) in [4.78, 5) is 23.6. The summed E-state index contributed by atoms with van der Waals surface area (Å²) < 4.78 is 26.4. The Morgan fingerprint density at radius 2 is 1.34 bits per heavy atom. The number of aliphatic hydroxyl groups is 1. The van der Waals surface area contributed by atoms with Crippen LogP contribution in [0, 0.1) is 14.3 Å². The molecule has 11 heteroatoms. The second-order valence-electron chi connectivity index (χ2n) is 7.78. The maximum Gasteiger partial charge on any atom is 0.308 e. The van der Waals surface area contributed by atoms with Gasteiger partial charge in [0.1, 0.15) is 0 Å². The van der Waals surface area contributed by atoms with Crippen LogP contribution in [0.4, 0.5) is 0 Å². The van der Waals surface area contributed by atoms with Crippen molar-refractivity contribution in [3.8, 4) is 23.0 Å². The van der Waals surface area contributed by atoms with E-state index in [4.69, 9.17) is 18.9 Å². The zero-order valence-electron chi connectivity index (χ0n) is 18.0. The summed E-state index contributed by atoms with van der Waals surface area (Å²) in [6.07, 6.45) is -1.17. The molecule has 2 heterocycles. The fraction of sp³-hybridized carbons (Fsp3) is 0.167. The molecule has 0 radical (unpaired) electrons. The van der Waals surface area contributed by atoms with Gasteiger partial charge in [-0.3, -0.25) is 9.59 Å². The summed E-state index contributed by atoms with van der Waals surface area (Å²) in [6, 6.07) is 11.2. The Bertz CT molecular complexity index is 1360. The second kappa shape index (κ2) is 9.52. The van der Waals surface area contributed by atoms with Gasteiger partial charge in [0.05, 0.1) is 14.3 Å². The molecule has 1 atom stereocenters. The number of aliphatic hydroxyl groups excluding tert-OH is 1. The van der Waals surface area contributed by atoms with E-state index < -0.39 is 23.8 Å². The predicted octanol–water partition coefficient (Wildman–Crippen LogP) is 6.37. The molecule has 7 nitrogen and oxygen atoms in total. The number of carbonyl (C=O) groups excluding carboxylic acids is 2. The fourth-order valence-electron chi connectivity index (χ4n) is 4.36. The third-order valence-electron chi connectivity index (χ3n) is 5.61. The van der Waals surface area contributed by atoms with Crippen molar-refractivity contribution in [2.24, 2.45) is 0 Å². The molecule has 5 rings (SSSR count). The van der Waals surface area contributed by atoms with Crippen molar-refractivity contribution >= 4 is 102 Å². The molecule has 0 aromatic heterocycles. The van der Waals surface area contributed by atoms with Crippen LogP contribution >= 0.6 is 90.4 Å². The van der Waals surface area contributed by atoms with E-state index in [0.717, 1.165) is 5.56 Å². The molecule has 2 aliphatic heterocycles. The van der Waals surface area contributed by atoms with Crippen LogP contribution < -0.4 is 14.2 Å². The van der Waals surface area contributed by atoms with Gasteiger partial charge in [-0.1, -0.05) is 24.3 Å². The highest BCUT2D eigenvalue weighted by molar-refractivity contribution is 14.1. The molecular formula is C24H14I4O7. The van der Waals surface area contributed by atoms with Crippen molar-refractivity contribution in [3.63, 3.8) is 0 Å². The maximum absolute atomic E-state index is 11.8. The fourth-order valence-corrected chi connectivity index (χ4v) is 8.37. The molecule has 1 N–H and O–H groups in total. The summed E-state index contributed by atoms with van der Waals surface area (Å²) in [5.74, 6) is 0.724. The number of hydrogen-bond acceptors (Lipinski definition) is 7. The first-order chi connectivity index (χ1) is 16.6. The minimum absolute atomic E-state index is 0.378. The van der Waals surface area contributed by atoms with E-state index in [0.29, 0.717) is 54.0 Å². The second-order valence-corrected chi connectivity index (χ2v) is 12.3. The molecule has 0 saturated carbocycles. The largest absolute Gasteiger partial charge is 0.454 e. The van der Waals surface area contributed by atoms with Gasteiger partial charge in [0.2, 0.25) is 0 Å². The van der Waals surface area contributed by atoms with Crippen LogP contribution in [0.25, 0.3) is 0 Å². The van der Waals surface area contributed by atoms with E-state index in [1.54, 1.807) is 0 Å². The van der Waals surface area contributed by atoms with Crippen molar-refractivity contribution in [3.05, 3.63) is 72.9 Å². The van der Waals surface area contributed by atoms with Crippen molar-refractivity contribution in [1.82, 2.24) is 0 Å². The van der Waals surface area contributed by atoms with Gasteiger partial charge in [-0.15, -0.1) is 0 Å². The topological polar surface area (TPSA) is 91.3 Å². The van der Waals surface area contributed by atoms with Gasteiger partial charge in [0.15, 0.2) is 34.9 Å². The lowest BCUT2D eigenvalue weighted by Gasteiger charge is -2.39. The summed E-state index contributed by atoms with van der Waals surface area (Å²) >= 11 is 8.41. The van der Waals surface area contributed by atoms with Crippen molar-refractivity contribution < 1.29 is 33.6 Å². The number of carbonyl (C=O) groups is 2. The molecular weight excluding hydrogens is 908 g/mol. The number of fused-ring (bicyclic) bond motifs is 6. The van der Waals surface area contributed by atoms with Crippen LogP contribution in [0.2, 0.25) is 0 Å². The Morgan fingerprint density at radius 1 is 0.857 bits per heavy atom. The molecule has 2 aliphatic rings. The summed E-state index contributed by atoms with van der Waals surface area (Å²) in [5.41, 5.74) is 1.56. The summed E-state index contributed by atoms with van der Waals surface area (Å²) in [7, 11) is 0. The highest BCUT2D eigenvalue weighted by Gasteiger charge is 2.54. The maximum atomic E-state index is 11.8. The van der Waals surface area contributed by atoms with E-state index in [1.807, 2.05) is 36.4 Å². The Labute approximate surface area is 254 Å². The first-order valence-electron chi connectivity index (χ1n) is 10.1. The Balaban J connectivity index is 1.89. The Kier molecular flexibility index (Phi) is 7.04. The molecule has 1 spiro atoms. The number of ether oxygens (including phenoxy) is 4. The lowest BCUT2D eigenvalue weighted by molar-refractivity contribution is -0.142. The lowest BCUT2D eigenvalue weighted by atomic mass is 9.77. The molecule has 1 unspecified atom stereocenters. The molecule has 0 bridgehead atoms. The number of esters is 2. The minimum atomic E-state index is -1.21. The zero-order chi connectivity index (χ0) is 25.2. The van der Waals surface area contributed by atoms with Crippen LogP contribution in [-0.2, 0) is 19.9 Å². The van der Waals surface area contributed by atoms with Crippen molar-refractivity contribution in [1.29, 1.82) is 0 Å². The molecule has 0 saturated heterocycles. The highest BCUT2D eigenvalue weighted by Crippen LogP contribution is 2.62. The molecule has 0 amide bonds. The van der Waals surface area contributed by atoms with Gasteiger partial charge < -0.3 is 24.1 Å². The van der Waals surface area contributed by atoms with E-state index in [2.05, 4.69) is 90.4 Å². The van der Waals surface area contributed by atoms with Gasteiger partial charge >= 0.3 is 11.9 Å². The number of halogens is 4. The van der Waals surface area contributed by atoms with E-state index in [-0.39, 0.29) is 0 Å². The van der Waals surface area contributed by atoms with Gasteiger partial charge in [0, 0.05) is 36.1 Å². The van der Waals surface area contributed by atoms with Gasteiger partial charge in [-0.2, -0.15) is 0 Å². The highest BCUT2D eigenvalue weighted by atomic mass is 127.